The Kier molecular flexibility index (Phi) is 6.42. The Morgan fingerprint density at radius 3 is 1.85 bits per heavy atom. The summed E-state index contributed by atoms with van der Waals surface area (Å²) >= 11 is 0. The lowest BCUT2D eigenvalue weighted by molar-refractivity contribution is 0.370. The molecule has 1 aliphatic rings. The molecule has 0 bridgehead atoms. The topological polar surface area (TPSA) is 26.0 Å². The van der Waals surface area contributed by atoms with Crippen molar-refractivity contribution in [1.29, 1.82) is 0 Å². The largest absolute Gasteiger partial charge is 0.399 e. The summed E-state index contributed by atoms with van der Waals surface area (Å²) in [7, 11) is 0. The van der Waals surface area contributed by atoms with E-state index >= 15 is 0 Å². The van der Waals surface area contributed by atoms with Gasteiger partial charge in [0.1, 0.15) is 0 Å². The van der Waals surface area contributed by atoms with Crippen LogP contribution in [-0.2, 0) is 0 Å². The van der Waals surface area contributed by atoms with Gasteiger partial charge >= 0.3 is 0 Å². The predicted octanol–water partition coefficient (Wildman–Crippen LogP) is 5.90. The molecule has 0 spiro atoms. The van der Waals surface area contributed by atoms with Crippen molar-refractivity contribution >= 4 is 5.69 Å². The molecule has 2 N–H and O–H groups in total. The van der Waals surface area contributed by atoms with Crippen molar-refractivity contribution in [3.8, 4) is 0 Å². The molecule has 0 radical (unpaired) electrons. The van der Waals surface area contributed by atoms with Gasteiger partial charge in [0.05, 0.1) is 0 Å². The van der Waals surface area contributed by atoms with Gasteiger partial charge in [-0.15, -0.1) is 0 Å². The van der Waals surface area contributed by atoms with Crippen LogP contribution in [0.5, 0.6) is 0 Å². The van der Waals surface area contributed by atoms with Crippen molar-refractivity contribution in [1.82, 2.24) is 0 Å². The van der Waals surface area contributed by atoms with Gasteiger partial charge in [0.25, 0.3) is 0 Å². The zero-order valence-corrected chi connectivity index (χ0v) is 13.1. The van der Waals surface area contributed by atoms with Crippen molar-refractivity contribution in [3.63, 3.8) is 0 Å². The minimum atomic E-state index is 0.732. The molecule has 0 heterocycles. The van der Waals surface area contributed by atoms with Crippen molar-refractivity contribution in [2.45, 2.75) is 77.0 Å². The van der Waals surface area contributed by atoms with Crippen molar-refractivity contribution in [2.24, 2.45) is 5.92 Å². The molecule has 2 unspecified atom stereocenters. The number of benzene rings is 1. The van der Waals surface area contributed by atoms with E-state index in [1.54, 1.807) is 0 Å². The number of nitrogen functional groups attached to an aromatic ring is 1. The second-order valence-corrected chi connectivity index (χ2v) is 6.66. The molecule has 20 heavy (non-hydrogen) atoms. The average Bonchev–Trinajstić information content (AvgIpc) is 2.44. The van der Waals surface area contributed by atoms with Crippen LogP contribution in [0.3, 0.4) is 0 Å². The van der Waals surface area contributed by atoms with Crippen LogP contribution in [0, 0.1) is 5.92 Å². The number of hydrogen-bond acceptors (Lipinski definition) is 1. The first-order chi connectivity index (χ1) is 9.77. The molecule has 0 aliphatic heterocycles. The molecule has 1 saturated carbocycles. The normalized spacial score (nSPS) is 26.4. The maximum Gasteiger partial charge on any atom is 0.0314 e. The van der Waals surface area contributed by atoms with E-state index in [1.165, 1.54) is 69.8 Å². The van der Waals surface area contributed by atoms with E-state index in [0.717, 1.165) is 17.5 Å². The number of nitrogens with two attached hydrogens (primary N) is 1. The Bertz CT molecular complexity index is 368. The Hall–Kier alpha value is -0.980. The first-order valence-corrected chi connectivity index (χ1v) is 8.63. The standard InChI is InChI=1S/C19H31N/c1-16-10-8-6-4-2-3-5-7-9-11-19(16)17-12-14-18(20)15-13-17/h12-16,19H,2-11,20H2,1H3. The van der Waals surface area contributed by atoms with Gasteiger partial charge in [-0.25, -0.2) is 0 Å². The first-order valence-electron chi connectivity index (χ1n) is 8.63. The maximum atomic E-state index is 5.83. The predicted molar refractivity (Wildman–Crippen MR) is 88.9 cm³/mol. The van der Waals surface area contributed by atoms with E-state index in [2.05, 4.69) is 31.2 Å². The van der Waals surface area contributed by atoms with Gasteiger partial charge in [0.2, 0.25) is 0 Å². The van der Waals surface area contributed by atoms with Gasteiger partial charge in [-0.2, -0.15) is 0 Å². The average molecular weight is 273 g/mol. The lowest BCUT2D eigenvalue weighted by Crippen LogP contribution is -2.11. The monoisotopic (exact) mass is 273 g/mol. The molecule has 1 nitrogen and oxygen atoms in total. The minimum absolute atomic E-state index is 0.732. The molecule has 1 aliphatic carbocycles. The smallest absolute Gasteiger partial charge is 0.0314 e. The lowest BCUT2D eigenvalue weighted by Gasteiger charge is -2.25. The van der Waals surface area contributed by atoms with Gasteiger partial charge in [-0.1, -0.05) is 76.8 Å². The van der Waals surface area contributed by atoms with Crippen LogP contribution in [0.4, 0.5) is 5.69 Å². The van der Waals surface area contributed by atoms with Crippen LogP contribution in [0.2, 0.25) is 0 Å². The third-order valence-corrected chi connectivity index (χ3v) is 4.98. The van der Waals surface area contributed by atoms with E-state index in [0.29, 0.717) is 0 Å². The van der Waals surface area contributed by atoms with Gasteiger partial charge in [-0.05, 0) is 36.0 Å². The third kappa shape index (κ3) is 4.85. The zero-order valence-electron chi connectivity index (χ0n) is 13.1. The van der Waals surface area contributed by atoms with Crippen molar-refractivity contribution < 1.29 is 0 Å². The Morgan fingerprint density at radius 2 is 1.25 bits per heavy atom. The summed E-state index contributed by atoms with van der Waals surface area (Å²) in [4.78, 5) is 0. The molecule has 0 amide bonds. The molecular formula is C19H31N. The molecule has 0 aromatic heterocycles. The molecule has 1 aromatic rings. The first kappa shape index (κ1) is 15.4. The summed E-state index contributed by atoms with van der Waals surface area (Å²) in [6.45, 7) is 2.45. The maximum absolute atomic E-state index is 5.83. The van der Waals surface area contributed by atoms with E-state index < -0.39 is 0 Å². The molecule has 1 aromatic carbocycles. The highest BCUT2D eigenvalue weighted by Crippen LogP contribution is 2.34. The fourth-order valence-corrected chi connectivity index (χ4v) is 3.62. The molecule has 0 saturated heterocycles. The molecule has 2 atom stereocenters. The summed E-state index contributed by atoms with van der Waals surface area (Å²) in [5.74, 6) is 1.54. The van der Waals surface area contributed by atoms with Crippen molar-refractivity contribution in [2.75, 3.05) is 5.73 Å². The highest BCUT2D eigenvalue weighted by molar-refractivity contribution is 5.40. The van der Waals surface area contributed by atoms with Crippen LogP contribution in [0.15, 0.2) is 24.3 Å². The molecule has 1 heteroatoms. The Balaban J connectivity index is 2.02. The zero-order chi connectivity index (χ0) is 14.2. The van der Waals surface area contributed by atoms with Crippen molar-refractivity contribution in [3.05, 3.63) is 29.8 Å². The van der Waals surface area contributed by atoms with Crippen LogP contribution in [0.25, 0.3) is 0 Å². The SMILES string of the molecule is CC1CCCCCCCCCCC1c1ccc(N)cc1. The number of hydrogen-bond donors (Lipinski definition) is 1. The molecular weight excluding hydrogens is 242 g/mol. The summed E-state index contributed by atoms with van der Waals surface area (Å²) < 4.78 is 0. The third-order valence-electron chi connectivity index (χ3n) is 4.98. The highest BCUT2D eigenvalue weighted by Gasteiger charge is 2.19. The number of rotatable bonds is 1. The summed E-state index contributed by atoms with van der Waals surface area (Å²) in [5.41, 5.74) is 8.22. The fourth-order valence-electron chi connectivity index (χ4n) is 3.62. The fraction of sp³-hybridized carbons (Fsp3) is 0.684. The molecule has 2 rings (SSSR count). The second-order valence-electron chi connectivity index (χ2n) is 6.66. The van der Waals surface area contributed by atoms with E-state index in [9.17, 15) is 0 Å². The Labute approximate surface area is 125 Å². The minimum Gasteiger partial charge on any atom is -0.399 e. The van der Waals surface area contributed by atoms with Gasteiger partial charge in [0, 0.05) is 5.69 Å². The molecule has 112 valence electrons. The van der Waals surface area contributed by atoms with Gasteiger partial charge in [-0.3, -0.25) is 0 Å². The lowest BCUT2D eigenvalue weighted by atomic mass is 9.80. The van der Waals surface area contributed by atoms with E-state index in [1.807, 2.05) is 0 Å². The van der Waals surface area contributed by atoms with Gasteiger partial charge in [0.15, 0.2) is 0 Å². The summed E-state index contributed by atoms with van der Waals surface area (Å²) in [6.07, 6.45) is 14.2. The number of anilines is 1. The van der Waals surface area contributed by atoms with Crippen LogP contribution in [0.1, 0.15) is 82.6 Å². The highest BCUT2D eigenvalue weighted by atomic mass is 14.5. The second kappa shape index (κ2) is 8.34. The van der Waals surface area contributed by atoms with Crippen LogP contribution < -0.4 is 5.73 Å². The van der Waals surface area contributed by atoms with Gasteiger partial charge < -0.3 is 5.73 Å². The summed E-state index contributed by atoms with van der Waals surface area (Å²) in [5, 5.41) is 0. The quantitative estimate of drug-likeness (QED) is 0.633. The molecule has 1 fully saturated rings. The van der Waals surface area contributed by atoms with Crippen LogP contribution >= 0.6 is 0 Å². The van der Waals surface area contributed by atoms with Crippen LogP contribution in [-0.4, -0.2) is 0 Å². The van der Waals surface area contributed by atoms with E-state index in [4.69, 9.17) is 5.73 Å². The Morgan fingerprint density at radius 1 is 0.750 bits per heavy atom. The summed E-state index contributed by atoms with van der Waals surface area (Å²) in [6, 6.07) is 8.64. The van der Waals surface area contributed by atoms with E-state index in [-0.39, 0.29) is 0 Å².